The zero-order valence-electron chi connectivity index (χ0n) is 15.6. The quantitative estimate of drug-likeness (QED) is 0.655. The summed E-state index contributed by atoms with van der Waals surface area (Å²) in [7, 11) is 2.16. The van der Waals surface area contributed by atoms with E-state index in [-0.39, 0.29) is 17.1 Å². The number of rotatable bonds is 10. The van der Waals surface area contributed by atoms with E-state index in [1.54, 1.807) is 0 Å². The van der Waals surface area contributed by atoms with Crippen molar-refractivity contribution < 1.29 is 4.79 Å². The van der Waals surface area contributed by atoms with Crippen LogP contribution in [0.3, 0.4) is 0 Å². The van der Waals surface area contributed by atoms with Gasteiger partial charge in [-0.1, -0.05) is 30.3 Å². The molecule has 1 aliphatic carbocycles. The van der Waals surface area contributed by atoms with Gasteiger partial charge < -0.3 is 5.32 Å². The fourth-order valence-electron chi connectivity index (χ4n) is 3.64. The Morgan fingerprint density at radius 3 is 2.58 bits per heavy atom. The van der Waals surface area contributed by atoms with Crippen molar-refractivity contribution in [1.29, 1.82) is 0 Å². The molecule has 2 aliphatic rings. The lowest BCUT2D eigenvalue weighted by molar-refractivity contribution is -0.122. The van der Waals surface area contributed by atoms with Crippen LogP contribution in [-0.4, -0.2) is 35.6 Å². The molecule has 0 unspecified atom stereocenters. The second-order valence-electron chi connectivity index (χ2n) is 7.58. The Kier molecular flexibility index (Phi) is 5.73. The molecule has 1 saturated carbocycles. The molecular formula is C21H28N4O. The highest BCUT2D eigenvalue weighted by Crippen LogP contribution is 2.38. The second-order valence-corrected chi connectivity index (χ2v) is 7.58. The third kappa shape index (κ3) is 4.50. The maximum Gasteiger partial charge on any atom is 0.220 e. The van der Waals surface area contributed by atoms with Crippen LogP contribution in [0.1, 0.15) is 50.5 Å². The molecule has 1 aliphatic heterocycles. The summed E-state index contributed by atoms with van der Waals surface area (Å²) in [5, 5.41) is 11.3. The van der Waals surface area contributed by atoms with E-state index in [1.165, 1.54) is 12.0 Å². The van der Waals surface area contributed by atoms with Crippen molar-refractivity contribution in [3.05, 3.63) is 35.9 Å². The monoisotopic (exact) mass is 352 g/mol. The molecule has 0 atom stereocenters. The van der Waals surface area contributed by atoms with Gasteiger partial charge >= 0.3 is 0 Å². The van der Waals surface area contributed by atoms with Crippen LogP contribution in [0.15, 0.2) is 40.6 Å². The van der Waals surface area contributed by atoms with Crippen LogP contribution < -0.4 is 5.32 Å². The number of benzene rings is 1. The number of carbonyl (C=O) groups excluding carboxylic acids is 1. The molecule has 1 fully saturated rings. The minimum absolute atomic E-state index is 0.0843. The topological polar surface area (TPSA) is 57.1 Å². The highest BCUT2D eigenvalue weighted by molar-refractivity contribution is 5.76. The summed E-state index contributed by atoms with van der Waals surface area (Å²) in [6.07, 6.45) is 11.3. The smallest absolute Gasteiger partial charge is 0.220 e. The molecule has 5 nitrogen and oxygen atoms in total. The largest absolute Gasteiger partial charge is 0.354 e. The summed E-state index contributed by atoms with van der Waals surface area (Å²) in [6, 6.07) is 10.5. The second kappa shape index (κ2) is 8.01. The van der Waals surface area contributed by atoms with Gasteiger partial charge in [0.2, 0.25) is 5.91 Å². The summed E-state index contributed by atoms with van der Waals surface area (Å²) in [4.78, 5) is 14.7. The fraction of sp³-hybridized carbons (Fsp3) is 0.571. The van der Waals surface area contributed by atoms with E-state index in [2.05, 4.69) is 57.7 Å². The number of carbonyl (C=O) groups is 1. The first-order valence-electron chi connectivity index (χ1n) is 9.47. The van der Waals surface area contributed by atoms with Crippen molar-refractivity contribution in [1.82, 2.24) is 10.2 Å². The molecule has 0 aromatic heterocycles. The van der Waals surface area contributed by atoms with E-state index in [0.29, 0.717) is 25.8 Å². The molecule has 0 bridgehead atoms. The third-order valence-electron chi connectivity index (χ3n) is 5.78. The number of nitrogens with one attached hydrogen (secondary N) is 1. The minimum Gasteiger partial charge on any atom is -0.354 e. The molecular weight excluding hydrogens is 324 g/mol. The van der Waals surface area contributed by atoms with Crippen LogP contribution in [0.2, 0.25) is 0 Å². The molecule has 5 heteroatoms. The third-order valence-corrected chi connectivity index (χ3v) is 5.78. The number of terminal acetylenes is 1. The average molecular weight is 352 g/mol. The van der Waals surface area contributed by atoms with E-state index < -0.39 is 0 Å². The molecule has 1 aromatic rings. The van der Waals surface area contributed by atoms with Gasteiger partial charge in [-0.25, -0.2) is 0 Å². The Hall–Kier alpha value is -2.19. The SMILES string of the molecule is C#CCCC1(CCC(=O)NCC2(N(C)Cc3ccccc3)CCC2)N=N1. The van der Waals surface area contributed by atoms with Crippen LogP contribution in [0.5, 0.6) is 0 Å². The van der Waals surface area contributed by atoms with Gasteiger partial charge in [0.25, 0.3) is 0 Å². The van der Waals surface area contributed by atoms with Gasteiger partial charge in [-0.05, 0) is 31.9 Å². The van der Waals surface area contributed by atoms with Gasteiger partial charge in [0.15, 0.2) is 5.66 Å². The molecule has 1 N–H and O–H groups in total. The Morgan fingerprint density at radius 2 is 2.00 bits per heavy atom. The first kappa shape index (κ1) is 18.6. The molecule has 1 aromatic carbocycles. The number of hydrogen-bond acceptors (Lipinski definition) is 4. The lowest BCUT2D eigenvalue weighted by Gasteiger charge is -2.49. The molecule has 1 amide bonds. The number of likely N-dealkylation sites (N-methyl/N-ethyl adjacent to an activating group) is 1. The highest BCUT2D eigenvalue weighted by atomic mass is 16.1. The van der Waals surface area contributed by atoms with Crippen molar-refractivity contribution in [3.8, 4) is 12.3 Å². The van der Waals surface area contributed by atoms with Gasteiger partial charge in [0.05, 0.1) is 0 Å². The molecule has 138 valence electrons. The van der Waals surface area contributed by atoms with Crippen LogP contribution >= 0.6 is 0 Å². The van der Waals surface area contributed by atoms with Crippen molar-refractivity contribution in [2.45, 2.75) is 62.7 Å². The molecule has 1 heterocycles. The van der Waals surface area contributed by atoms with Gasteiger partial charge in [-0.3, -0.25) is 9.69 Å². The average Bonchev–Trinajstić information content (AvgIpc) is 3.38. The van der Waals surface area contributed by atoms with Crippen LogP contribution in [0, 0.1) is 12.3 Å². The van der Waals surface area contributed by atoms with E-state index in [9.17, 15) is 4.79 Å². The summed E-state index contributed by atoms with van der Waals surface area (Å²) >= 11 is 0. The van der Waals surface area contributed by atoms with Crippen molar-refractivity contribution in [2.24, 2.45) is 10.2 Å². The normalized spacial score (nSPS) is 18.8. The van der Waals surface area contributed by atoms with Gasteiger partial charge in [-0.15, -0.1) is 12.3 Å². The predicted molar refractivity (Wildman–Crippen MR) is 102 cm³/mol. The number of nitrogens with zero attached hydrogens (tertiary/aromatic N) is 3. The fourth-order valence-corrected chi connectivity index (χ4v) is 3.64. The number of hydrogen-bond donors (Lipinski definition) is 1. The van der Waals surface area contributed by atoms with Crippen molar-refractivity contribution >= 4 is 5.91 Å². The van der Waals surface area contributed by atoms with Crippen LogP contribution in [0.4, 0.5) is 0 Å². The zero-order valence-corrected chi connectivity index (χ0v) is 15.6. The van der Waals surface area contributed by atoms with Gasteiger partial charge in [-0.2, -0.15) is 10.2 Å². The predicted octanol–water partition coefficient (Wildman–Crippen LogP) is 3.51. The van der Waals surface area contributed by atoms with E-state index in [4.69, 9.17) is 6.42 Å². The Labute approximate surface area is 156 Å². The summed E-state index contributed by atoms with van der Waals surface area (Å²) in [5.74, 6) is 2.70. The lowest BCUT2D eigenvalue weighted by Crippen LogP contribution is -2.58. The van der Waals surface area contributed by atoms with Crippen molar-refractivity contribution in [2.75, 3.05) is 13.6 Å². The maximum atomic E-state index is 12.3. The standard InChI is InChI=1S/C21H28N4O/c1-3-4-14-21(23-24-21)15-11-19(26)22-17-20(12-8-13-20)25(2)16-18-9-6-5-7-10-18/h1,5-7,9-10H,4,8,11-17H2,2H3,(H,22,26). The van der Waals surface area contributed by atoms with E-state index >= 15 is 0 Å². The van der Waals surface area contributed by atoms with Gasteiger partial charge in [0.1, 0.15) is 0 Å². The minimum atomic E-state index is -0.373. The highest BCUT2D eigenvalue weighted by Gasteiger charge is 2.42. The van der Waals surface area contributed by atoms with E-state index in [0.717, 1.165) is 25.8 Å². The van der Waals surface area contributed by atoms with Gasteiger partial charge in [0, 0.05) is 44.3 Å². The van der Waals surface area contributed by atoms with E-state index in [1.807, 2.05) is 6.07 Å². The first-order valence-corrected chi connectivity index (χ1v) is 9.47. The number of amides is 1. The van der Waals surface area contributed by atoms with Crippen LogP contribution in [-0.2, 0) is 11.3 Å². The Morgan fingerprint density at radius 1 is 1.27 bits per heavy atom. The molecule has 0 spiro atoms. The zero-order chi connectivity index (χ0) is 18.5. The lowest BCUT2D eigenvalue weighted by atomic mass is 9.75. The summed E-state index contributed by atoms with van der Waals surface area (Å²) in [6.45, 7) is 1.62. The molecule has 3 rings (SSSR count). The molecule has 0 saturated heterocycles. The van der Waals surface area contributed by atoms with Crippen molar-refractivity contribution in [3.63, 3.8) is 0 Å². The van der Waals surface area contributed by atoms with Crippen LogP contribution in [0.25, 0.3) is 0 Å². The summed E-state index contributed by atoms with van der Waals surface area (Å²) in [5.41, 5.74) is 1.02. The molecule has 0 radical (unpaired) electrons. The first-order chi connectivity index (χ1) is 12.6. The summed E-state index contributed by atoms with van der Waals surface area (Å²) < 4.78 is 0. The maximum absolute atomic E-state index is 12.3. The Bertz CT molecular complexity index is 682. The Balaban J connectivity index is 1.44. The molecule has 26 heavy (non-hydrogen) atoms.